The Morgan fingerprint density at radius 3 is 2.27 bits per heavy atom. The highest BCUT2D eigenvalue weighted by atomic mass is 16.5. The molecule has 0 radical (unpaired) electrons. The number of methoxy groups -OCH3 is 1. The highest BCUT2D eigenvalue weighted by molar-refractivity contribution is 6.02. The number of amides is 2. The minimum atomic E-state index is -0.103. The summed E-state index contributed by atoms with van der Waals surface area (Å²) in [6.45, 7) is 3.57. The molecule has 0 spiro atoms. The third kappa shape index (κ3) is 4.58. The van der Waals surface area contributed by atoms with E-state index in [-0.39, 0.29) is 18.2 Å². The molecule has 0 aromatic heterocycles. The van der Waals surface area contributed by atoms with Crippen molar-refractivity contribution in [1.82, 2.24) is 4.90 Å². The summed E-state index contributed by atoms with van der Waals surface area (Å²) in [6.07, 6.45) is 4.69. The zero-order valence-corrected chi connectivity index (χ0v) is 17.5. The van der Waals surface area contributed by atoms with Gasteiger partial charge in [0.2, 0.25) is 5.91 Å². The topological polar surface area (TPSA) is 61.9 Å². The maximum atomic E-state index is 13.2. The number of hydrogen-bond acceptors (Lipinski definition) is 4. The van der Waals surface area contributed by atoms with Crippen LogP contribution in [0.3, 0.4) is 0 Å². The molecule has 6 nitrogen and oxygen atoms in total. The fourth-order valence-corrected chi connectivity index (χ4v) is 4.24. The summed E-state index contributed by atoms with van der Waals surface area (Å²) in [6, 6.07) is 13.2. The van der Waals surface area contributed by atoms with Crippen molar-refractivity contribution in [3.05, 3.63) is 53.6 Å². The van der Waals surface area contributed by atoms with E-state index in [1.54, 1.807) is 7.11 Å². The minimum absolute atomic E-state index is 0.0700. The lowest BCUT2D eigenvalue weighted by atomic mass is 10.1. The Kier molecular flexibility index (Phi) is 6.21. The molecular formula is C24H29N3O3. The van der Waals surface area contributed by atoms with E-state index in [0.29, 0.717) is 11.3 Å². The first-order valence-electron chi connectivity index (χ1n) is 10.7. The predicted molar refractivity (Wildman–Crippen MR) is 118 cm³/mol. The molecule has 2 amide bonds. The van der Waals surface area contributed by atoms with Gasteiger partial charge in [-0.15, -0.1) is 0 Å². The number of rotatable bonds is 6. The fraction of sp³-hybridized carbons (Fsp3) is 0.417. The molecule has 0 unspecified atom stereocenters. The fourth-order valence-electron chi connectivity index (χ4n) is 4.24. The smallest absolute Gasteiger partial charge is 0.256 e. The van der Waals surface area contributed by atoms with E-state index in [2.05, 4.69) is 10.2 Å². The monoisotopic (exact) mass is 407 g/mol. The van der Waals surface area contributed by atoms with Crippen molar-refractivity contribution in [3.63, 3.8) is 0 Å². The van der Waals surface area contributed by atoms with E-state index >= 15 is 0 Å². The van der Waals surface area contributed by atoms with Crippen LogP contribution in [0.4, 0.5) is 11.4 Å². The lowest BCUT2D eigenvalue weighted by molar-refractivity contribution is -0.115. The molecule has 0 bridgehead atoms. The Morgan fingerprint density at radius 1 is 0.933 bits per heavy atom. The molecule has 2 aromatic carbocycles. The summed E-state index contributed by atoms with van der Waals surface area (Å²) in [4.78, 5) is 30.0. The van der Waals surface area contributed by atoms with Crippen LogP contribution in [0.15, 0.2) is 42.5 Å². The second-order valence-electron chi connectivity index (χ2n) is 8.00. The van der Waals surface area contributed by atoms with Crippen LogP contribution < -0.4 is 15.0 Å². The molecule has 0 aliphatic carbocycles. The number of likely N-dealkylation sites (tertiary alicyclic amines) is 1. The van der Waals surface area contributed by atoms with Crippen LogP contribution in [-0.4, -0.2) is 50.0 Å². The van der Waals surface area contributed by atoms with Crippen LogP contribution in [0, 0.1) is 0 Å². The second-order valence-corrected chi connectivity index (χ2v) is 8.00. The van der Waals surface area contributed by atoms with E-state index < -0.39 is 0 Å². The van der Waals surface area contributed by atoms with Gasteiger partial charge in [-0.2, -0.15) is 0 Å². The van der Waals surface area contributed by atoms with Crippen LogP contribution in [-0.2, 0) is 11.2 Å². The zero-order valence-electron chi connectivity index (χ0n) is 17.5. The maximum absolute atomic E-state index is 13.2. The Morgan fingerprint density at radius 2 is 1.60 bits per heavy atom. The van der Waals surface area contributed by atoms with E-state index in [1.807, 2.05) is 47.4 Å². The van der Waals surface area contributed by atoms with Crippen molar-refractivity contribution in [2.45, 2.75) is 32.1 Å². The summed E-state index contributed by atoms with van der Waals surface area (Å²) in [5.74, 6) is 0.732. The normalized spacial score (nSPS) is 16.0. The minimum Gasteiger partial charge on any atom is -0.497 e. The van der Waals surface area contributed by atoms with Crippen LogP contribution in [0.5, 0.6) is 5.75 Å². The van der Waals surface area contributed by atoms with Gasteiger partial charge in [0.15, 0.2) is 0 Å². The summed E-state index contributed by atoms with van der Waals surface area (Å²) in [5.41, 5.74) is 3.26. The predicted octanol–water partition coefficient (Wildman–Crippen LogP) is 3.71. The first-order chi connectivity index (χ1) is 14.6. The SMILES string of the molecule is COc1ccc(CC(=O)Nc2ccc(N3CCCC3)c(C(=O)N3CCCC3)c2)cc1. The highest BCUT2D eigenvalue weighted by Crippen LogP contribution is 2.29. The lowest BCUT2D eigenvalue weighted by Gasteiger charge is -2.24. The number of nitrogens with zero attached hydrogens (tertiary/aromatic N) is 2. The molecule has 6 heteroatoms. The van der Waals surface area contributed by atoms with Crippen LogP contribution in [0.2, 0.25) is 0 Å². The Labute approximate surface area is 177 Å². The number of ether oxygens (including phenoxy) is 1. The standard InChI is InChI=1S/C24H29N3O3/c1-30-20-9-6-18(7-10-20)16-23(28)25-19-8-11-22(26-12-2-3-13-26)21(17-19)24(29)27-14-4-5-15-27/h6-11,17H,2-5,12-16H2,1H3,(H,25,28). The van der Waals surface area contributed by atoms with Gasteiger partial charge in [-0.05, 0) is 61.6 Å². The number of anilines is 2. The van der Waals surface area contributed by atoms with E-state index in [0.717, 1.165) is 68.9 Å². The first-order valence-corrected chi connectivity index (χ1v) is 10.7. The highest BCUT2D eigenvalue weighted by Gasteiger charge is 2.25. The van der Waals surface area contributed by atoms with Gasteiger partial charge in [0.05, 0.1) is 19.1 Å². The third-order valence-corrected chi connectivity index (χ3v) is 5.87. The Hall–Kier alpha value is -3.02. The van der Waals surface area contributed by atoms with Crippen LogP contribution >= 0.6 is 0 Å². The maximum Gasteiger partial charge on any atom is 0.256 e. The average Bonchev–Trinajstić information content (AvgIpc) is 3.48. The molecule has 0 saturated carbocycles. The van der Waals surface area contributed by atoms with Crippen molar-refractivity contribution in [2.24, 2.45) is 0 Å². The number of benzene rings is 2. The molecule has 2 heterocycles. The molecule has 158 valence electrons. The number of hydrogen-bond donors (Lipinski definition) is 1. The summed E-state index contributed by atoms with van der Waals surface area (Å²) >= 11 is 0. The van der Waals surface area contributed by atoms with Crippen LogP contribution in [0.25, 0.3) is 0 Å². The van der Waals surface area contributed by atoms with Crippen molar-refractivity contribution in [3.8, 4) is 5.75 Å². The molecule has 4 rings (SSSR count). The van der Waals surface area contributed by atoms with Crippen molar-refractivity contribution in [1.29, 1.82) is 0 Å². The summed E-state index contributed by atoms with van der Waals surface area (Å²) in [5, 5.41) is 2.96. The van der Waals surface area contributed by atoms with Gasteiger partial charge < -0.3 is 19.9 Å². The number of carbonyl (C=O) groups excluding carboxylic acids is 2. The van der Waals surface area contributed by atoms with E-state index in [9.17, 15) is 9.59 Å². The van der Waals surface area contributed by atoms with Gasteiger partial charge in [0, 0.05) is 37.6 Å². The van der Waals surface area contributed by atoms with Gasteiger partial charge in [-0.25, -0.2) is 0 Å². The molecule has 30 heavy (non-hydrogen) atoms. The van der Waals surface area contributed by atoms with Crippen molar-refractivity contribution >= 4 is 23.2 Å². The van der Waals surface area contributed by atoms with Gasteiger partial charge >= 0.3 is 0 Å². The van der Waals surface area contributed by atoms with Gasteiger partial charge in [0.1, 0.15) is 5.75 Å². The Balaban J connectivity index is 1.51. The van der Waals surface area contributed by atoms with E-state index in [4.69, 9.17) is 4.74 Å². The van der Waals surface area contributed by atoms with Crippen molar-refractivity contribution < 1.29 is 14.3 Å². The van der Waals surface area contributed by atoms with Gasteiger partial charge in [-0.3, -0.25) is 9.59 Å². The quantitative estimate of drug-likeness (QED) is 0.793. The van der Waals surface area contributed by atoms with Gasteiger partial charge in [-0.1, -0.05) is 12.1 Å². The van der Waals surface area contributed by atoms with Crippen molar-refractivity contribution in [2.75, 3.05) is 43.5 Å². The van der Waals surface area contributed by atoms with Crippen LogP contribution in [0.1, 0.15) is 41.6 Å². The molecule has 2 aliphatic heterocycles. The van der Waals surface area contributed by atoms with E-state index in [1.165, 1.54) is 0 Å². The van der Waals surface area contributed by atoms with Gasteiger partial charge in [0.25, 0.3) is 5.91 Å². The second kappa shape index (κ2) is 9.20. The summed E-state index contributed by atoms with van der Waals surface area (Å²) < 4.78 is 5.16. The largest absolute Gasteiger partial charge is 0.497 e. The zero-order chi connectivity index (χ0) is 20.9. The molecule has 1 N–H and O–H groups in total. The first kappa shape index (κ1) is 20.3. The number of carbonyl (C=O) groups is 2. The molecule has 2 saturated heterocycles. The molecular weight excluding hydrogens is 378 g/mol. The molecule has 0 atom stereocenters. The molecule has 2 aromatic rings. The Bertz CT molecular complexity index is 898. The third-order valence-electron chi connectivity index (χ3n) is 5.87. The lowest BCUT2D eigenvalue weighted by Crippen LogP contribution is -2.30. The average molecular weight is 408 g/mol. The number of nitrogens with one attached hydrogen (secondary N) is 1. The molecule has 2 fully saturated rings. The summed E-state index contributed by atoms with van der Waals surface area (Å²) in [7, 11) is 1.62. The molecule has 2 aliphatic rings.